The number of aromatic nitrogens is 2. The van der Waals surface area contributed by atoms with E-state index in [0.717, 1.165) is 0 Å². The minimum atomic E-state index is 0. The molecule has 0 bridgehead atoms. The van der Waals surface area contributed by atoms with E-state index in [1.54, 1.807) is 0 Å². The van der Waals surface area contributed by atoms with E-state index < -0.39 is 0 Å². The summed E-state index contributed by atoms with van der Waals surface area (Å²) in [5.74, 6) is 1.44. The number of aryl methyl sites for hydroxylation is 2. The Labute approximate surface area is 169 Å². The van der Waals surface area contributed by atoms with E-state index in [2.05, 4.69) is 42.3 Å². The third kappa shape index (κ3) is 13.1. The van der Waals surface area contributed by atoms with E-state index in [-0.39, 0.29) is 5.48 Å². The SMILES string of the molecule is CCCCCCCCCCn1cc[n+](CCCCCCCCCC)c1C.[OH-]. The van der Waals surface area contributed by atoms with Crippen LogP contribution >= 0.6 is 0 Å². The van der Waals surface area contributed by atoms with Gasteiger partial charge in [0.1, 0.15) is 12.4 Å². The highest BCUT2D eigenvalue weighted by atomic mass is 16.0. The van der Waals surface area contributed by atoms with Gasteiger partial charge in [-0.05, 0) is 25.7 Å². The molecule has 1 rings (SSSR count). The number of nitrogens with zero attached hydrogens (tertiary/aromatic N) is 2. The summed E-state index contributed by atoms with van der Waals surface area (Å²) < 4.78 is 4.92. The van der Waals surface area contributed by atoms with Gasteiger partial charge in [0.05, 0.1) is 13.1 Å². The second-order valence-corrected chi connectivity index (χ2v) is 8.18. The van der Waals surface area contributed by atoms with Gasteiger partial charge in [-0.15, -0.1) is 0 Å². The molecule has 0 saturated heterocycles. The van der Waals surface area contributed by atoms with Crippen molar-refractivity contribution in [3.05, 3.63) is 18.2 Å². The summed E-state index contributed by atoms with van der Waals surface area (Å²) in [6.07, 6.45) is 27.0. The van der Waals surface area contributed by atoms with Crippen molar-refractivity contribution in [1.29, 1.82) is 0 Å². The average molecular weight is 381 g/mol. The summed E-state index contributed by atoms with van der Waals surface area (Å²) in [5.41, 5.74) is 0. The lowest BCUT2D eigenvalue weighted by Crippen LogP contribution is -2.35. The van der Waals surface area contributed by atoms with Crippen LogP contribution in [0.2, 0.25) is 0 Å². The maximum atomic E-state index is 2.46. The summed E-state index contributed by atoms with van der Waals surface area (Å²) in [6, 6.07) is 0. The standard InChI is InChI=1S/C24H47N2.H2O/c1-4-6-8-10-12-14-16-18-20-25-22-23-26(24(25)3)21-19-17-15-13-11-9-7-5-2;/h22-23H,4-21H2,1-3H3;1H2/q+1;/p-1. The maximum absolute atomic E-state index is 2.46. The lowest BCUT2D eigenvalue weighted by Gasteiger charge is -2.03. The number of hydrogen-bond acceptors (Lipinski definition) is 1. The molecule has 1 heterocycles. The van der Waals surface area contributed by atoms with E-state index in [4.69, 9.17) is 0 Å². The first-order valence-electron chi connectivity index (χ1n) is 11.8. The van der Waals surface area contributed by atoms with E-state index in [9.17, 15) is 0 Å². The minimum absolute atomic E-state index is 0. The molecule has 0 unspecified atom stereocenters. The van der Waals surface area contributed by atoms with Crippen LogP contribution in [0.15, 0.2) is 12.4 Å². The van der Waals surface area contributed by atoms with Gasteiger partial charge in [-0.2, -0.15) is 0 Å². The van der Waals surface area contributed by atoms with Crippen molar-refractivity contribution in [2.45, 2.75) is 137 Å². The lowest BCUT2D eigenvalue weighted by molar-refractivity contribution is -0.702. The number of unbranched alkanes of at least 4 members (excludes halogenated alkanes) is 14. The van der Waals surface area contributed by atoms with Gasteiger partial charge in [0, 0.05) is 6.92 Å². The number of hydrogen-bond donors (Lipinski definition) is 0. The largest absolute Gasteiger partial charge is 0.870 e. The summed E-state index contributed by atoms with van der Waals surface area (Å²) in [4.78, 5) is 0. The first kappa shape index (κ1) is 26.2. The molecule has 0 atom stereocenters. The van der Waals surface area contributed by atoms with Gasteiger partial charge in [-0.25, -0.2) is 9.13 Å². The van der Waals surface area contributed by atoms with Crippen molar-refractivity contribution < 1.29 is 10.0 Å². The second kappa shape index (κ2) is 18.5. The van der Waals surface area contributed by atoms with E-state index in [0.29, 0.717) is 0 Å². The summed E-state index contributed by atoms with van der Waals surface area (Å²) in [6.45, 7) is 9.27. The molecule has 0 fully saturated rings. The van der Waals surface area contributed by atoms with Crippen molar-refractivity contribution >= 4 is 0 Å². The van der Waals surface area contributed by atoms with Gasteiger partial charge >= 0.3 is 0 Å². The molecule has 3 nitrogen and oxygen atoms in total. The molecule has 1 aromatic rings. The summed E-state index contributed by atoms with van der Waals surface area (Å²) in [5, 5.41) is 0. The van der Waals surface area contributed by atoms with Crippen LogP contribution in [-0.4, -0.2) is 10.0 Å². The van der Waals surface area contributed by atoms with Crippen LogP contribution in [-0.2, 0) is 13.1 Å². The minimum Gasteiger partial charge on any atom is -0.870 e. The quantitative estimate of drug-likeness (QED) is 0.196. The van der Waals surface area contributed by atoms with Crippen LogP contribution in [0.5, 0.6) is 0 Å². The lowest BCUT2D eigenvalue weighted by atomic mass is 10.1. The second-order valence-electron chi connectivity index (χ2n) is 8.18. The van der Waals surface area contributed by atoms with Crippen molar-refractivity contribution in [2.24, 2.45) is 0 Å². The first-order chi connectivity index (χ1) is 12.8. The molecule has 0 aliphatic carbocycles. The zero-order chi connectivity index (χ0) is 18.9. The van der Waals surface area contributed by atoms with Crippen LogP contribution in [0.3, 0.4) is 0 Å². The molecule has 0 amide bonds. The predicted molar refractivity (Wildman–Crippen MR) is 117 cm³/mol. The fourth-order valence-electron chi connectivity index (χ4n) is 3.85. The Hall–Kier alpha value is -0.830. The molecule has 1 aromatic heterocycles. The van der Waals surface area contributed by atoms with E-state index in [1.807, 2.05) is 0 Å². The molecule has 0 aromatic carbocycles. The van der Waals surface area contributed by atoms with Crippen LogP contribution < -0.4 is 4.57 Å². The van der Waals surface area contributed by atoms with Crippen LogP contribution in [0, 0.1) is 6.92 Å². The molecular weight excluding hydrogens is 332 g/mol. The van der Waals surface area contributed by atoms with E-state index in [1.165, 1.54) is 122 Å². The highest BCUT2D eigenvalue weighted by Gasteiger charge is 2.11. The number of imidazole rings is 1. The molecule has 0 spiro atoms. The highest BCUT2D eigenvalue weighted by Crippen LogP contribution is 2.10. The molecular formula is C24H48N2O. The van der Waals surface area contributed by atoms with Gasteiger partial charge in [0.25, 0.3) is 5.82 Å². The smallest absolute Gasteiger partial charge is 0.253 e. The highest BCUT2D eigenvalue weighted by molar-refractivity contribution is 4.79. The Balaban J connectivity index is 0.00000676. The topological polar surface area (TPSA) is 38.8 Å². The van der Waals surface area contributed by atoms with Crippen LogP contribution in [0.4, 0.5) is 0 Å². The van der Waals surface area contributed by atoms with Gasteiger partial charge in [-0.1, -0.05) is 90.9 Å². The molecule has 0 radical (unpaired) electrons. The monoisotopic (exact) mass is 380 g/mol. The summed E-state index contributed by atoms with van der Waals surface area (Å²) >= 11 is 0. The van der Waals surface area contributed by atoms with Gasteiger partial charge < -0.3 is 5.48 Å². The number of rotatable bonds is 18. The fourth-order valence-corrected chi connectivity index (χ4v) is 3.85. The van der Waals surface area contributed by atoms with Crippen molar-refractivity contribution in [3.8, 4) is 0 Å². The normalized spacial score (nSPS) is 10.9. The third-order valence-electron chi connectivity index (χ3n) is 5.76. The fraction of sp³-hybridized carbons (Fsp3) is 0.875. The predicted octanol–water partition coefficient (Wildman–Crippen LogP) is 7.19. The van der Waals surface area contributed by atoms with Crippen molar-refractivity contribution in [3.63, 3.8) is 0 Å². The Morgan fingerprint density at radius 1 is 0.667 bits per heavy atom. The average Bonchev–Trinajstić information content (AvgIpc) is 2.99. The summed E-state index contributed by atoms with van der Waals surface area (Å²) in [7, 11) is 0. The molecule has 3 heteroatoms. The first-order valence-corrected chi connectivity index (χ1v) is 11.8. The van der Waals surface area contributed by atoms with E-state index >= 15 is 0 Å². The molecule has 1 N–H and O–H groups in total. The molecule has 27 heavy (non-hydrogen) atoms. The van der Waals surface area contributed by atoms with Gasteiger partial charge in [-0.3, -0.25) is 0 Å². The Kier molecular flexibility index (Phi) is 18.0. The van der Waals surface area contributed by atoms with Gasteiger partial charge in [0.15, 0.2) is 0 Å². The third-order valence-corrected chi connectivity index (χ3v) is 5.76. The Bertz CT molecular complexity index is 391. The zero-order valence-electron chi connectivity index (χ0n) is 18.7. The molecule has 0 saturated carbocycles. The van der Waals surface area contributed by atoms with Crippen LogP contribution in [0.1, 0.15) is 122 Å². The molecule has 0 aliphatic rings. The maximum Gasteiger partial charge on any atom is 0.253 e. The Morgan fingerprint density at radius 3 is 1.63 bits per heavy atom. The molecule has 160 valence electrons. The van der Waals surface area contributed by atoms with Gasteiger partial charge in [0.2, 0.25) is 0 Å². The van der Waals surface area contributed by atoms with Crippen molar-refractivity contribution in [2.75, 3.05) is 0 Å². The van der Waals surface area contributed by atoms with Crippen LogP contribution in [0.25, 0.3) is 0 Å². The Morgan fingerprint density at radius 2 is 1.11 bits per heavy atom. The van der Waals surface area contributed by atoms with Crippen molar-refractivity contribution in [1.82, 2.24) is 4.57 Å². The zero-order valence-corrected chi connectivity index (χ0v) is 18.7. The molecule has 0 aliphatic heterocycles.